The topological polar surface area (TPSA) is 45.2 Å². The number of halogens is 1. The number of aromatic nitrogens is 1. The Morgan fingerprint density at radius 2 is 1.74 bits per heavy atom. The average molecular weight is 332 g/mol. The molecule has 5 heteroatoms. The van der Waals surface area contributed by atoms with Crippen molar-refractivity contribution in [1.29, 1.82) is 0 Å². The van der Waals surface area contributed by atoms with E-state index in [1.165, 1.54) is 0 Å². The molecule has 0 unspecified atom stereocenters. The van der Waals surface area contributed by atoms with Gasteiger partial charge < -0.3 is 10.2 Å². The second kappa shape index (κ2) is 8.53. The lowest BCUT2D eigenvalue weighted by atomic mass is 10.2. The number of hydrogen-bond donors (Lipinski definition) is 1. The van der Waals surface area contributed by atoms with Crippen molar-refractivity contribution in [2.75, 3.05) is 23.3 Å². The zero-order chi connectivity index (χ0) is 16.7. The third-order valence-electron chi connectivity index (χ3n) is 3.45. The Labute approximate surface area is 142 Å². The molecule has 0 spiro atoms. The summed E-state index contributed by atoms with van der Waals surface area (Å²) in [6, 6.07) is 10.6. The molecule has 0 bridgehead atoms. The first-order valence-electron chi connectivity index (χ1n) is 7.92. The quantitative estimate of drug-likeness (QED) is 0.805. The molecule has 23 heavy (non-hydrogen) atoms. The lowest BCUT2D eigenvalue weighted by molar-refractivity contribution is 0.102. The van der Waals surface area contributed by atoms with Crippen LogP contribution in [0.25, 0.3) is 0 Å². The molecular formula is C18H22ClN3O. The van der Waals surface area contributed by atoms with Gasteiger partial charge in [0.25, 0.3) is 5.91 Å². The van der Waals surface area contributed by atoms with Crippen molar-refractivity contribution in [3.05, 3.63) is 53.2 Å². The highest BCUT2D eigenvalue weighted by atomic mass is 35.5. The molecule has 0 fully saturated rings. The van der Waals surface area contributed by atoms with E-state index in [2.05, 4.69) is 29.0 Å². The smallest absolute Gasteiger partial charge is 0.256 e. The summed E-state index contributed by atoms with van der Waals surface area (Å²) in [4.78, 5) is 18.8. The molecular weight excluding hydrogens is 310 g/mol. The molecule has 0 aliphatic carbocycles. The van der Waals surface area contributed by atoms with Gasteiger partial charge in [0, 0.05) is 23.7 Å². The van der Waals surface area contributed by atoms with E-state index < -0.39 is 0 Å². The van der Waals surface area contributed by atoms with Crippen molar-refractivity contribution in [2.24, 2.45) is 0 Å². The van der Waals surface area contributed by atoms with Crippen LogP contribution in [0.5, 0.6) is 0 Å². The van der Waals surface area contributed by atoms with Crippen LogP contribution < -0.4 is 10.2 Å². The molecule has 0 radical (unpaired) electrons. The molecule has 1 aromatic carbocycles. The van der Waals surface area contributed by atoms with Gasteiger partial charge in [-0.15, -0.1) is 0 Å². The van der Waals surface area contributed by atoms with Crippen LogP contribution in [0.3, 0.4) is 0 Å². The minimum absolute atomic E-state index is 0.194. The highest BCUT2D eigenvalue weighted by Crippen LogP contribution is 2.17. The third-order valence-corrected chi connectivity index (χ3v) is 3.70. The summed E-state index contributed by atoms with van der Waals surface area (Å²) < 4.78 is 0. The van der Waals surface area contributed by atoms with E-state index in [1.807, 2.05) is 18.3 Å². The second-order valence-corrected chi connectivity index (χ2v) is 5.79. The second-order valence-electron chi connectivity index (χ2n) is 5.35. The Bertz CT molecular complexity index is 620. The van der Waals surface area contributed by atoms with Crippen LogP contribution in [-0.2, 0) is 0 Å². The van der Waals surface area contributed by atoms with Gasteiger partial charge in [0.1, 0.15) is 5.82 Å². The fourth-order valence-corrected chi connectivity index (χ4v) is 2.47. The lowest BCUT2D eigenvalue weighted by Crippen LogP contribution is -2.25. The summed E-state index contributed by atoms with van der Waals surface area (Å²) in [5.74, 6) is 0.350. The van der Waals surface area contributed by atoms with E-state index in [9.17, 15) is 4.79 Å². The predicted molar refractivity (Wildman–Crippen MR) is 96.4 cm³/mol. The zero-order valence-electron chi connectivity index (χ0n) is 13.6. The molecule has 1 aromatic heterocycles. The van der Waals surface area contributed by atoms with Gasteiger partial charge in [0.05, 0.1) is 11.9 Å². The lowest BCUT2D eigenvalue weighted by Gasteiger charge is -2.23. The number of pyridine rings is 1. The average Bonchev–Trinajstić information content (AvgIpc) is 2.56. The van der Waals surface area contributed by atoms with Crippen LogP contribution in [0.2, 0.25) is 5.02 Å². The molecule has 0 saturated heterocycles. The first kappa shape index (κ1) is 17.3. The number of rotatable bonds is 7. The van der Waals surface area contributed by atoms with E-state index in [-0.39, 0.29) is 5.91 Å². The highest BCUT2D eigenvalue weighted by Gasteiger charge is 2.08. The maximum Gasteiger partial charge on any atom is 0.256 e. The van der Waals surface area contributed by atoms with Gasteiger partial charge in [-0.2, -0.15) is 0 Å². The molecule has 2 rings (SSSR count). The molecule has 0 atom stereocenters. The first-order chi connectivity index (χ1) is 11.1. The van der Waals surface area contributed by atoms with Crippen molar-refractivity contribution in [1.82, 2.24) is 4.98 Å². The van der Waals surface area contributed by atoms with E-state index in [1.54, 1.807) is 24.3 Å². The van der Waals surface area contributed by atoms with Crippen LogP contribution in [0.4, 0.5) is 11.5 Å². The normalized spacial score (nSPS) is 10.4. The predicted octanol–water partition coefficient (Wildman–Crippen LogP) is 4.61. The Kier molecular flexibility index (Phi) is 6.41. The number of hydrogen-bond acceptors (Lipinski definition) is 3. The summed E-state index contributed by atoms with van der Waals surface area (Å²) in [5, 5.41) is 3.40. The van der Waals surface area contributed by atoms with E-state index in [4.69, 9.17) is 11.6 Å². The van der Waals surface area contributed by atoms with Gasteiger partial charge >= 0.3 is 0 Å². The van der Waals surface area contributed by atoms with Crippen LogP contribution in [0, 0.1) is 0 Å². The molecule has 1 heterocycles. The van der Waals surface area contributed by atoms with E-state index in [0.29, 0.717) is 16.4 Å². The summed E-state index contributed by atoms with van der Waals surface area (Å²) >= 11 is 5.83. The highest BCUT2D eigenvalue weighted by molar-refractivity contribution is 6.30. The molecule has 2 aromatic rings. The van der Waals surface area contributed by atoms with E-state index >= 15 is 0 Å². The summed E-state index contributed by atoms with van der Waals surface area (Å²) in [6.45, 7) is 6.34. The monoisotopic (exact) mass is 331 g/mol. The van der Waals surface area contributed by atoms with Crippen LogP contribution >= 0.6 is 11.6 Å². The van der Waals surface area contributed by atoms with Crippen LogP contribution in [-0.4, -0.2) is 24.0 Å². The molecule has 0 aliphatic heterocycles. The molecule has 4 nitrogen and oxygen atoms in total. The minimum Gasteiger partial charge on any atom is -0.370 e. The maximum absolute atomic E-state index is 12.1. The minimum atomic E-state index is -0.194. The van der Waals surface area contributed by atoms with Gasteiger partial charge in [-0.25, -0.2) is 4.98 Å². The van der Waals surface area contributed by atoms with Gasteiger partial charge in [-0.3, -0.25) is 4.79 Å². The molecule has 122 valence electrons. The molecule has 0 saturated carbocycles. The largest absolute Gasteiger partial charge is 0.370 e. The van der Waals surface area contributed by atoms with Crippen molar-refractivity contribution in [3.8, 4) is 0 Å². The fourth-order valence-electron chi connectivity index (χ4n) is 2.35. The van der Waals surface area contributed by atoms with Crippen molar-refractivity contribution in [3.63, 3.8) is 0 Å². The van der Waals surface area contributed by atoms with Gasteiger partial charge in [0.15, 0.2) is 0 Å². The Balaban J connectivity index is 2.04. The third kappa shape index (κ3) is 4.96. The van der Waals surface area contributed by atoms with Crippen molar-refractivity contribution in [2.45, 2.75) is 26.7 Å². The van der Waals surface area contributed by atoms with Crippen molar-refractivity contribution >= 4 is 29.0 Å². The Morgan fingerprint density at radius 1 is 1.09 bits per heavy atom. The summed E-state index contributed by atoms with van der Waals surface area (Å²) in [5.41, 5.74) is 1.64. The Morgan fingerprint density at radius 3 is 2.26 bits per heavy atom. The van der Waals surface area contributed by atoms with E-state index in [0.717, 1.165) is 31.6 Å². The number of carbonyl (C=O) groups excluding carboxylic acids is 1. The number of amides is 1. The first-order valence-corrected chi connectivity index (χ1v) is 8.29. The summed E-state index contributed by atoms with van der Waals surface area (Å²) in [7, 11) is 0. The molecule has 1 N–H and O–H groups in total. The number of carbonyl (C=O) groups is 1. The molecule has 1 amide bonds. The number of benzene rings is 1. The number of nitrogens with zero attached hydrogens (tertiary/aromatic N) is 2. The van der Waals surface area contributed by atoms with Gasteiger partial charge in [0.2, 0.25) is 0 Å². The zero-order valence-corrected chi connectivity index (χ0v) is 14.3. The number of anilines is 2. The number of nitrogens with one attached hydrogen (secondary N) is 1. The van der Waals surface area contributed by atoms with Crippen LogP contribution in [0.15, 0.2) is 42.6 Å². The Hall–Kier alpha value is -2.07. The molecule has 0 aliphatic rings. The van der Waals surface area contributed by atoms with Crippen molar-refractivity contribution < 1.29 is 4.79 Å². The maximum atomic E-state index is 12.1. The standard InChI is InChI=1S/C18H22ClN3O/c1-3-11-22(12-4-2)16-9-10-17(20-13-16)21-18(23)14-5-7-15(19)8-6-14/h5-10,13H,3-4,11-12H2,1-2H3,(H,20,21,23). The fraction of sp³-hybridized carbons (Fsp3) is 0.333. The van der Waals surface area contributed by atoms with Crippen LogP contribution in [0.1, 0.15) is 37.0 Å². The summed E-state index contributed by atoms with van der Waals surface area (Å²) in [6.07, 6.45) is 3.99. The van der Waals surface area contributed by atoms with Gasteiger partial charge in [-0.1, -0.05) is 25.4 Å². The van der Waals surface area contributed by atoms with Gasteiger partial charge in [-0.05, 0) is 49.2 Å². The SMILES string of the molecule is CCCN(CCC)c1ccc(NC(=O)c2ccc(Cl)cc2)nc1.